The Kier molecular flexibility index (Phi) is 3.23. The van der Waals surface area contributed by atoms with Crippen molar-refractivity contribution in [2.45, 2.75) is 27.2 Å². The number of aromatic nitrogens is 1. The predicted molar refractivity (Wildman–Crippen MR) is 68.9 cm³/mol. The summed E-state index contributed by atoms with van der Waals surface area (Å²) in [6.07, 6.45) is 7.58. The van der Waals surface area contributed by atoms with Crippen LogP contribution in [0.1, 0.15) is 32.9 Å². The van der Waals surface area contributed by atoms with Crippen LogP contribution in [0.25, 0.3) is 5.57 Å². The van der Waals surface area contributed by atoms with Crippen LogP contribution in [0.3, 0.4) is 0 Å². The molecule has 1 heteroatoms. The molecular weight excluding hydrogens is 194 g/mol. The summed E-state index contributed by atoms with van der Waals surface area (Å²) in [5, 5.41) is 0. The van der Waals surface area contributed by atoms with Gasteiger partial charge >= 0.3 is 0 Å². The van der Waals surface area contributed by atoms with Crippen molar-refractivity contribution in [3.8, 4) is 0 Å². The Hall–Kier alpha value is -1.37. The molecule has 1 unspecified atom stereocenters. The molecule has 1 aliphatic carbocycles. The molecule has 0 amide bonds. The minimum absolute atomic E-state index is 0.518. The van der Waals surface area contributed by atoms with Gasteiger partial charge in [-0.25, -0.2) is 0 Å². The second kappa shape index (κ2) is 4.65. The Morgan fingerprint density at radius 1 is 1.31 bits per heavy atom. The number of allylic oxidation sites excluding steroid dienone is 4. The van der Waals surface area contributed by atoms with Crippen molar-refractivity contribution in [2.24, 2.45) is 11.8 Å². The zero-order chi connectivity index (χ0) is 11.5. The highest BCUT2D eigenvalue weighted by Gasteiger charge is 2.23. The first kappa shape index (κ1) is 11.1. The van der Waals surface area contributed by atoms with Gasteiger partial charge in [-0.15, -0.1) is 0 Å². The molecule has 2 rings (SSSR count). The predicted octanol–water partition coefficient (Wildman–Crippen LogP) is 4.09. The van der Waals surface area contributed by atoms with Gasteiger partial charge in [0.25, 0.3) is 0 Å². The van der Waals surface area contributed by atoms with Gasteiger partial charge in [-0.2, -0.15) is 0 Å². The molecule has 0 radical (unpaired) electrons. The molecule has 0 aliphatic heterocycles. The molecule has 0 saturated carbocycles. The van der Waals surface area contributed by atoms with Crippen molar-refractivity contribution in [1.29, 1.82) is 0 Å². The zero-order valence-corrected chi connectivity index (χ0v) is 10.3. The smallest absolute Gasteiger partial charge is 0.0667 e. The summed E-state index contributed by atoms with van der Waals surface area (Å²) in [4.78, 5) is 4.43. The average Bonchev–Trinajstić information content (AvgIpc) is 2.71. The van der Waals surface area contributed by atoms with E-state index in [1.54, 1.807) is 5.57 Å². The van der Waals surface area contributed by atoms with E-state index in [0.717, 1.165) is 5.69 Å². The van der Waals surface area contributed by atoms with Gasteiger partial charge in [0.1, 0.15) is 0 Å². The second-order valence-electron chi connectivity index (χ2n) is 4.53. The van der Waals surface area contributed by atoms with Gasteiger partial charge in [0, 0.05) is 12.1 Å². The van der Waals surface area contributed by atoms with Gasteiger partial charge in [0.15, 0.2) is 0 Å². The van der Waals surface area contributed by atoms with E-state index in [1.165, 1.54) is 12.0 Å². The van der Waals surface area contributed by atoms with Crippen LogP contribution in [0.4, 0.5) is 0 Å². The number of hydrogen-bond donors (Lipinski definition) is 0. The molecule has 0 bridgehead atoms. The highest BCUT2D eigenvalue weighted by Crippen LogP contribution is 2.37. The van der Waals surface area contributed by atoms with E-state index in [0.29, 0.717) is 11.8 Å². The third-order valence-electron chi connectivity index (χ3n) is 3.56. The normalized spacial score (nSPS) is 21.6. The topological polar surface area (TPSA) is 12.9 Å². The van der Waals surface area contributed by atoms with Crippen LogP contribution in [0.15, 0.2) is 42.1 Å². The Bertz CT molecular complexity index is 414. The molecule has 2 atom stereocenters. The van der Waals surface area contributed by atoms with Crippen molar-refractivity contribution in [2.75, 3.05) is 0 Å². The summed E-state index contributed by atoms with van der Waals surface area (Å²) < 4.78 is 0. The largest absolute Gasteiger partial charge is 0.257 e. The first-order chi connectivity index (χ1) is 7.74. The summed E-state index contributed by atoms with van der Waals surface area (Å²) in [6.45, 7) is 6.83. The van der Waals surface area contributed by atoms with Crippen LogP contribution >= 0.6 is 0 Å². The maximum atomic E-state index is 4.43. The van der Waals surface area contributed by atoms with Gasteiger partial charge in [0.05, 0.1) is 5.69 Å². The molecule has 0 aromatic carbocycles. The number of hydrogen-bond acceptors (Lipinski definition) is 1. The first-order valence-electron chi connectivity index (χ1n) is 6.07. The summed E-state index contributed by atoms with van der Waals surface area (Å²) in [5.41, 5.74) is 4.02. The molecule has 84 valence electrons. The zero-order valence-electron chi connectivity index (χ0n) is 10.3. The van der Waals surface area contributed by atoms with Crippen LogP contribution in [0, 0.1) is 11.8 Å². The fraction of sp³-hybridized carbons (Fsp3) is 0.400. The first-order valence-corrected chi connectivity index (χ1v) is 6.07. The fourth-order valence-electron chi connectivity index (χ4n) is 2.32. The van der Waals surface area contributed by atoms with E-state index in [2.05, 4.69) is 50.0 Å². The molecular formula is C15H19N. The van der Waals surface area contributed by atoms with Crippen molar-refractivity contribution < 1.29 is 0 Å². The minimum atomic E-state index is 0.518. The van der Waals surface area contributed by atoms with Crippen molar-refractivity contribution in [3.05, 3.63) is 47.8 Å². The molecule has 0 N–H and O–H groups in total. The Morgan fingerprint density at radius 3 is 2.75 bits per heavy atom. The minimum Gasteiger partial charge on any atom is -0.257 e. The van der Waals surface area contributed by atoms with E-state index in [4.69, 9.17) is 0 Å². The van der Waals surface area contributed by atoms with Crippen LogP contribution in [-0.4, -0.2) is 4.98 Å². The summed E-state index contributed by atoms with van der Waals surface area (Å²) in [5.74, 6) is 1.19. The quantitative estimate of drug-likeness (QED) is 0.737. The molecule has 1 nitrogen and oxygen atoms in total. The molecule has 0 fully saturated rings. The highest BCUT2D eigenvalue weighted by molar-refractivity contribution is 5.72. The third kappa shape index (κ3) is 1.95. The van der Waals surface area contributed by atoms with E-state index in [9.17, 15) is 0 Å². The number of nitrogens with zero attached hydrogens (tertiary/aromatic N) is 1. The summed E-state index contributed by atoms with van der Waals surface area (Å²) in [7, 11) is 0. The fourth-order valence-corrected chi connectivity index (χ4v) is 2.32. The Morgan fingerprint density at radius 2 is 2.12 bits per heavy atom. The van der Waals surface area contributed by atoms with Crippen LogP contribution in [0.5, 0.6) is 0 Å². The van der Waals surface area contributed by atoms with Crippen LogP contribution < -0.4 is 0 Å². The van der Waals surface area contributed by atoms with E-state index in [-0.39, 0.29) is 0 Å². The summed E-state index contributed by atoms with van der Waals surface area (Å²) in [6, 6.07) is 6.11. The molecule has 1 aromatic heterocycles. The molecule has 16 heavy (non-hydrogen) atoms. The standard InChI is InChI=1S/C15H19N/c1-4-11(2)13-8-9-14(12(13)3)15-7-5-6-10-16-15/h5-12H,4H2,1-3H3/t11-,12?/m1/s1. The average molecular weight is 213 g/mol. The van der Waals surface area contributed by atoms with E-state index < -0.39 is 0 Å². The van der Waals surface area contributed by atoms with Gasteiger partial charge in [-0.3, -0.25) is 4.98 Å². The Balaban J connectivity index is 2.19. The highest BCUT2D eigenvalue weighted by atomic mass is 14.7. The molecule has 1 heterocycles. The van der Waals surface area contributed by atoms with Crippen molar-refractivity contribution in [3.63, 3.8) is 0 Å². The maximum Gasteiger partial charge on any atom is 0.0667 e. The van der Waals surface area contributed by atoms with Crippen LogP contribution in [0.2, 0.25) is 0 Å². The number of pyridine rings is 1. The van der Waals surface area contributed by atoms with Gasteiger partial charge in [-0.1, -0.05) is 44.6 Å². The lowest BCUT2D eigenvalue weighted by Gasteiger charge is -2.19. The molecule has 0 spiro atoms. The van der Waals surface area contributed by atoms with Gasteiger partial charge < -0.3 is 0 Å². The van der Waals surface area contributed by atoms with E-state index >= 15 is 0 Å². The lowest BCUT2D eigenvalue weighted by molar-refractivity contribution is 0.603. The van der Waals surface area contributed by atoms with Gasteiger partial charge in [0.2, 0.25) is 0 Å². The molecule has 1 aromatic rings. The van der Waals surface area contributed by atoms with E-state index in [1.807, 2.05) is 12.3 Å². The summed E-state index contributed by atoms with van der Waals surface area (Å²) >= 11 is 0. The lowest BCUT2D eigenvalue weighted by atomic mass is 9.87. The monoisotopic (exact) mass is 213 g/mol. The SMILES string of the molecule is CC[C@@H](C)C1=CC=C(c2ccccn2)C1C. The second-order valence-corrected chi connectivity index (χ2v) is 4.53. The molecule has 0 saturated heterocycles. The van der Waals surface area contributed by atoms with Crippen LogP contribution in [-0.2, 0) is 0 Å². The van der Waals surface area contributed by atoms with Gasteiger partial charge in [-0.05, 0) is 30.0 Å². The third-order valence-corrected chi connectivity index (χ3v) is 3.56. The maximum absolute atomic E-state index is 4.43. The Labute approximate surface area is 97.9 Å². The van der Waals surface area contributed by atoms with Crippen molar-refractivity contribution >= 4 is 5.57 Å². The molecule has 1 aliphatic rings. The lowest BCUT2D eigenvalue weighted by Crippen LogP contribution is -2.06. The van der Waals surface area contributed by atoms with Crippen molar-refractivity contribution in [1.82, 2.24) is 4.98 Å². The number of rotatable bonds is 3.